The van der Waals surface area contributed by atoms with Crippen molar-refractivity contribution in [1.29, 1.82) is 0 Å². The van der Waals surface area contributed by atoms with Gasteiger partial charge in [0.15, 0.2) is 5.62 Å². The van der Waals surface area contributed by atoms with E-state index in [-0.39, 0.29) is 0 Å². The molecule has 0 saturated carbocycles. The second-order valence-corrected chi connectivity index (χ2v) is 2.30. The van der Waals surface area contributed by atoms with Gasteiger partial charge >= 0.3 is 0 Å². The van der Waals surface area contributed by atoms with Gasteiger partial charge in [-0.1, -0.05) is 11.8 Å². The van der Waals surface area contributed by atoms with Crippen LogP contribution in [-0.2, 0) is 4.79 Å². The maximum Gasteiger partial charge on any atom is 0.180 e. The van der Waals surface area contributed by atoms with E-state index in [0.29, 0.717) is 0 Å². The molecule has 9 heavy (non-hydrogen) atoms. The summed E-state index contributed by atoms with van der Waals surface area (Å²) < 4.78 is 0. The van der Waals surface area contributed by atoms with Crippen molar-refractivity contribution < 1.29 is 4.79 Å². The first-order chi connectivity index (χ1) is 4.43. The van der Waals surface area contributed by atoms with Crippen molar-refractivity contribution in [3.8, 4) is 0 Å². The summed E-state index contributed by atoms with van der Waals surface area (Å²) in [4.78, 5) is 14.6. The van der Waals surface area contributed by atoms with E-state index < -0.39 is 0 Å². The quantitative estimate of drug-likeness (QED) is 0.457. The average Bonchev–Trinajstić information content (AvgIpc) is 1.91. The van der Waals surface area contributed by atoms with Crippen LogP contribution >= 0.6 is 11.8 Å². The van der Waals surface area contributed by atoms with Crippen molar-refractivity contribution in [2.75, 3.05) is 0 Å². The third-order valence-electron chi connectivity index (χ3n) is 0.834. The Morgan fingerprint density at radius 3 is 2.67 bits per heavy atom. The molecule has 1 aromatic rings. The molecule has 0 atom stereocenters. The second-order valence-electron chi connectivity index (χ2n) is 1.40. The maximum atomic E-state index is 9.92. The molecule has 0 saturated heterocycles. The van der Waals surface area contributed by atoms with Crippen LogP contribution in [0.25, 0.3) is 0 Å². The van der Waals surface area contributed by atoms with Gasteiger partial charge in [0.25, 0.3) is 0 Å². The van der Waals surface area contributed by atoms with E-state index in [1.165, 1.54) is 0 Å². The summed E-state index contributed by atoms with van der Waals surface area (Å²) in [6.45, 7) is 0. The number of hydrogen-bond acceptors (Lipinski definition) is 3. The summed E-state index contributed by atoms with van der Waals surface area (Å²) in [6, 6.07) is 3.58. The zero-order valence-corrected chi connectivity index (χ0v) is 5.47. The van der Waals surface area contributed by atoms with Gasteiger partial charge in [-0.15, -0.1) is 0 Å². The van der Waals surface area contributed by atoms with Crippen LogP contribution in [0.2, 0.25) is 0 Å². The van der Waals surface area contributed by atoms with Gasteiger partial charge in [0, 0.05) is 17.3 Å². The van der Waals surface area contributed by atoms with Gasteiger partial charge < -0.3 is 0 Å². The number of carbonyl (C=O) groups is 1. The number of pyridine rings is 1. The fourth-order valence-electron chi connectivity index (χ4n) is 0.472. The first kappa shape index (κ1) is 6.29. The molecule has 0 amide bonds. The standard InChI is InChI=1S/C6H5NOS/c8-5-9-6-1-3-7-4-2-6/h1-5H. The van der Waals surface area contributed by atoms with E-state index in [9.17, 15) is 4.79 Å². The van der Waals surface area contributed by atoms with Crippen molar-refractivity contribution >= 4 is 17.4 Å². The second kappa shape index (κ2) is 3.25. The van der Waals surface area contributed by atoms with Crippen LogP contribution < -0.4 is 0 Å². The van der Waals surface area contributed by atoms with Gasteiger partial charge in [0.05, 0.1) is 0 Å². The number of nitrogens with zero attached hydrogens (tertiary/aromatic N) is 1. The Hall–Kier alpha value is -0.830. The Kier molecular flexibility index (Phi) is 2.27. The first-order valence-electron chi connectivity index (χ1n) is 2.44. The summed E-state index contributed by atoms with van der Waals surface area (Å²) in [6.07, 6.45) is 3.32. The van der Waals surface area contributed by atoms with E-state index in [4.69, 9.17) is 0 Å². The minimum Gasteiger partial charge on any atom is -0.291 e. The fraction of sp³-hybridized carbons (Fsp3) is 0. The lowest BCUT2D eigenvalue weighted by atomic mass is 10.5. The fourth-order valence-corrected chi connectivity index (χ4v) is 0.862. The van der Waals surface area contributed by atoms with E-state index in [1.807, 2.05) is 0 Å². The molecule has 1 heterocycles. The lowest BCUT2D eigenvalue weighted by Gasteiger charge is -1.87. The Morgan fingerprint density at radius 2 is 2.11 bits per heavy atom. The predicted octanol–water partition coefficient (Wildman–Crippen LogP) is 1.36. The molecule has 0 aliphatic heterocycles. The van der Waals surface area contributed by atoms with Crippen molar-refractivity contribution in [3.05, 3.63) is 24.5 Å². The monoisotopic (exact) mass is 139 g/mol. The summed E-state index contributed by atoms with van der Waals surface area (Å²) >= 11 is 1.15. The molecule has 46 valence electrons. The minimum absolute atomic E-state index is 0.801. The zero-order valence-electron chi connectivity index (χ0n) is 4.65. The van der Waals surface area contributed by atoms with Crippen molar-refractivity contribution in [3.63, 3.8) is 0 Å². The maximum absolute atomic E-state index is 9.92. The molecule has 0 radical (unpaired) electrons. The van der Waals surface area contributed by atoms with E-state index in [2.05, 4.69) is 4.98 Å². The molecule has 0 unspecified atom stereocenters. The molecule has 0 bridgehead atoms. The lowest BCUT2D eigenvalue weighted by Crippen LogP contribution is -1.70. The van der Waals surface area contributed by atoms with Gasteiger partial charge in [-0.05, 0) is 12.1 Å². The SMILES string of the molecule is O=CSc1ccncc1. The Bertz CT molecular complexity index is 188. The van der Waals surface area contributed by atoms with Gasteiger partial charge in [-0.2, -0.15) is 0 Å². The third kappa shape index (κ3) is 1.85. The molecule has 2 nitrogen and oxygen atoms in total. The van der Waals surface area contributed by atoms with E-state index >= 15 is 0 Å². The van der Waals surface area contributed by atoms with Crippen LogP contribution in [0.3, 0.4) is 0 Å². The predicted molar refractivity (Wildman–Crippen MR) is 36.8 cm³/mol. The largest absolute Gasteiger partial charge is 0.291 e. The highest BCUT2D eigenvalue weighted by Crippen LogP contribution is 2.11. The normalized spacial score (nSPS) is 8.89. The number of rotatable bonds is 2. The average molecular weight is 139 g/mol. The molecule has 1 rings (SSSR count). The number of carbonyl (C=O) groups excluding carboxylic acids is 1. The summed E-state index contributed by atoms with van der Waals surface area (Å²) in [5.74, 6) is 0. The Labute approximate surface area is 57.3 Å². The minimum atomic E-state index is 0.801. The number of thioether (sulfide) groups is 1. The summed E-state index contributed by atoms with van der Waals surface area (Å²) in [7, 11) is 0. The summed E-state index contributed by atoms with van der Waals surface area (Å²) in [5, 5.41) is 0. The van der Waals surface area contributed by atoms with Gasteiger partial charge in [0.1, 0.15) is 0 Å². The van der Waals surface area contributed by atoms with Crippen LogP contribution in [0.15, 0.2) is 29.4 Å². The van der Waals surface area contributed by atoms with Crippen LogP contribution in [0.4, 0.5) is 0 Å². The van der Waals surface area contributed by atoms with Gasteiger partial charge in [0.2, 0.25) is 0 Å². The topological polar surface area (TPSA) is 30.0 Å². The van der Waals surface area contributed by atoms with Gasteiger partial charge in [-0.25, -0.2) is 0 Å². The highest BCUT2D eigenvalue weighted by molar-refractivity contribution is 8.11. The zero-order chi connectivity index (χ0) is 6.53. The molecular formula is C6H5NOS. The molecule has 3 heteroatoms. The van der Waals surface area contributed by atoms with Gasteiger partial charge in [-0.3, -0.25) is 9.78 Å². The molecular weight excluding hydrogens is 134 g/mol. The molecule has 0 aliphatic rings. The van der Waals surface area contributed by atoms with Crippen LogP contribution in [-0.4, -0.2) is 10.6 Å². The first-order valence-corrected chi connectivity index (χ1v) is 3.32. The van der Waals surface area contributed by atoms with E-state index in [1.54, 1.807) is 24.5 Å². The molecule has 0 aliphatic carbocycles. The molecule has 0 aromatic carbocycles. The van der Waals surface area contributed by atoms with E-state index in [0.717, 1.165) is 22.3 Å². The van der Waals surface area contributed by atoms with Crippen molar-refractivity contribution in [1.82, 2.24) is 4.98 Å². The molecule has 0 fully saturated rings. The number of hydrogen-bond donors (Lipinski definition) is 0. The van der Waals surface area contributed by atoms with Crippen LogP contribution in [0.1, 0.15) is 0 Å². The molecule has 0 N–H and O–H groups in total. The highest BCUT2D eigenvalue weighted by atomic mass is 32.2. The molecule has 0 spiro atoms. The van der Waals surface area contributed by atoms with Crippen molar-refractivity contribution in [2.45, 2.75) is 4.90 Å². The van der Waals surface area contributed by atoms with Crippen LogP contribution in [0, 0.1) is 0 Å². The summed E-state index contributed by atoms with van der Waals surface area (Å²) in [5.41, 5.74) is 0.801. The smallest absolute Gasteiger partial charge is 0.180 e. The Morgan fingerprint density at radius 1 is 1.44 bits per heavy atom. The Balaban J connectivity index is 2.72. The third-order valence-corrected chi connectivity index (χ3v) is 1.47. The van der Waals surface area contributed by atoms with Crippen LogP contribution in [0.5, 0.6) is 0 Å². The molecule has 1 aromatic heterocycles. The lowest BCUT2D eigenvalue weighted by molar-refractivity contribution is 0.570. The highest BCUT2D eigenvalue weighted by Gasteiger charge is 1.86. The van der Waals surface area contributed by atoms with Crippen molar-refractivity contribution in [2.24, 2.45) is 0 Å². The number of aromatic nitrogens is 1.